The maximum atomic E-state index is 13.0. The van der Waals surface area contributed by atoms with Gasteiger partial charge in [-0.3, -0.25) is 9.59 Å². The molecule has 0 aromatic rings. The van der Waals surface area contributed by atoms with Crippen molar-refractivity contribution >= 4 is 11.8 Å². The molecule has 6 atom stereocenters. The van der Waals surface area contributed by atoms with Crippen molar-refractivity contribution in [2.75, 3.05) is 6.61 Å². The summed E-state index contributed by atoms with van der Waals surface area (Å²) < 4.78 is 5.66. The highest BCUT2D eigenvalue weighted by Gasteiger charge is 2.68. The molecule has 4 rings (SSSR count). The molecule has 0 aromatic heterocycles. The van der Waals surface area contributed by atoms with Crippen molar-refractivity contribution in [1.29, 1.82) is 0 Å². The van der Waals surface area contributed by atoms with Gasteiger partial charge in [-0.05, 0) is 48.9 Å². The Labute approximate surface area is 138 Å². The van der Waals surface area contributed by atoms with Gasteiger partial charge in [-0.1, -0.05) is 26.3 Å². The number of Topliss-reactive ketones (excluding diaryl/α,β-unsaturated/α-hetero) is 1. The lowest BCUT2D eigenvalue weighted by Gasteiger charge is -2.66. The van der Waals surface area contributed by atoms with Crippen molar-refractivity contribution in [1.82, 2.24) is 0 Å². The van der Waals surface area contributed by atoms with Crippen LogP contribution in [0.3, 0.4) is 0 Å². The summed E-state index contributed by atoms with van der Waals surface area (Å²) in [6.45, 7) is 9.12. The van der Waals surface area contributed by atoms with Crippen LogP contribution in [0.25, 0.3) is 0 Å². The maximum Gasteiger partial charge on any atom is 0.309 e. The Morgan fingerprint density at radius 2 is 2.00 bits per heavy atom. The van der Waals surface area contributed by atoms with Gasteiger partial charge in [-0.25, -0.2) is 0 Å². The Kier molecular flexibility index (Phi) is 3.15. The molecule has 6 unspecified atom stereocenters. The van der Waals surface area contributed by atoms with Crippen LogP contribution in [-0.4, -0.2) is 18.4 Å². The summed E-state index contributed by atoms with van der Waals surface area (Å²) in [7, 11) is 0. The van der Waals surface area contributed by atoms with Gasteiger partial charge in [-0.2, -0.15) is 0 Å². The molecule has 3 aliphatic carbocycles. The van der Waals surface area contributed by atoms with Gasteiger partial charge < -0.3 is 4.74 Å². The molecule has 4 aliphatic rings. The molecule has 23 heavy (non-hydrogen) atoms. The second-order valence-corrected chi connectivity index (χ2v) is 9.07. The highest BCUT2D eigenvalue weighted by molar-refractivity contribution is 5.85. The van der Waals surface area contributed by atoms with Gasteiger partial charge in [0.05, 0.1) is 12.5 Å². The number of cyclic esters (lactones) is 1. The quantitative estimate of drug-likeness (QED) is 0.544. The number of ether oxygens (including phenoxy) is 1. The number of fused-ring (bicyclic) bond motifs is 1. The van der Waals surface area contributed by atoms with Crippen molar-refractivity contribution in [2.45, 2.75) is 58.8 Å². The molecule has 0 radical (unpaired) electrons. The number of carbonyl (C=O) groups is 2. The van der Waals surface area contributed by atoms with Crippen LogP contribution >= 0.6 is 0 Å². The molecule has 3 saturated carbocycles. The van der Waals surface area contributed by atoms with E-state index in [1.54, 1.807) is 0 Å². The first-order valence-electron chi connectivity index (χ1n) is 9.18. The van der Waals surface area contributed by atoms with Crippen molar-refractivity contribution in [2.24, 2.45) is 34.0 Å². The summed E-state index contributed by atoms with van der Waals surface area (Å²) >= 11 is 0. The third-order valence-corrected chi connectivity index (χ3v) is 8.20. The molecule has 0 amide bonds. The van der Waals surface area contributed by atoms with E-state index in [9.17, 15) is 9.59 Å². The minimum atomic E-state index is -0.0492. The number of esters is 1. The van der Waals surface area contributed by atoms with E-state index < -0.39 is 0 Å². The zero-order valence-corrected chi connectivity index (χ0v) is 14.4. The summed E-state index contributed by atoms with van der Waals surface area (Å²) in [6, 6.07) is 0. The number of hydrogen-bond donors (Lipinski definition) is 0. The van der Waals surface area contributed by atoms with E-state index in [0.717, 1.165) is 38.5 Å². The first kappa shape index (κ1) is 15.4. The summed E-state index contributed by atoms with van der Waals surface area (Å²) in [4.78, 5) is 25.3. The zero-order chi connectivity index (χ0) is 16.5. The number of rotatable bonds is 1. The Bertz CT molecular complexity index is 581. The van der Waals surface area contributed by atoms with Gasteiger partial charge in [0.2, 0.25) is 0 Å². The third-order valence-electron chi connectivity index (χ3n) is 8.20. The molecule has 1 heterocycles. The van der Waals surface area contributed by atoms with Crippen molar-refractivity contribution in [3.05, 3.63) is 12.7 Å². The van der Waals surface area contributed by atoms with Crippen molar-refractivity contribution in [3.63, 3.8) is 0 Å². The van der Waals surface area contributed by atoms with Gasteiger partial charge in [0.25, 0.3) is 0 Å². The first-order valence-corrected chi connectivity index (χ1v) is 9.18. The topological polar surface area (TPSA) is 43.4 Å². The molecule has 3 nitrogen and oxygen atoms in total. The smallest absolute Gasteiger partial charge is 0.309 e. The maximum absolute atomic E-state index is 13.0. The molecule has 1 saturated heterocycles. The molecule has 0 aromatic carbocycles. The van der Waals surface area contributed by atoms with E-state index in [1.165, 1.54) is 0 Å². The number of allylic oxidation sites excluding steroid dienone is 1. The predicted molar refractivity (Wildman–Crippen MR) is 87.6 cm³/mol. The number of ketones is 1. The second-order valence-electron chi connectivity index (χ2n) is 9.07. The van der Waals surface area contributed by atoms with Crippen LogP contribution in [-0.2, 0) is 14.3 Å². The van der Waals surface area contributed by atoms with Crippen LogP contribution < -0.4 is 0 Å². The standard InChI is InChI=1S/C20H28O3/c1-4-18(2)8-9-19(3)15(11-18)16(21)10-14-13-6-5-7-20(14,19)12-23-17(13)22/h4,13-15H,1,5-12H2,2-3H3. The highest BCUT2D eigenvalue weighted by atomic mass is 16.5. The number of carbonyl (C=O) groups excluding carboxylic acids is 2. The van der Waals surface area contributed by atoms with Crippen LogP contribution in [0.4, 0.5) is 0 Å². The van der Waals surface area contributed by atoms with Gasteiger partial charge >= 0.3 is 5.97 Å². The SMILES string of the molecule is C=CC1(C)CCC2(C)C(C1)C(=O)CC1C3CCCC12COC3=O. The summed E-state index contributed by atoms with van der Waals surface area (Å²) in [5.41, 5.74) is 0.0858. The molecule has 1 aliphatic heterocycles. The minimum Gasteiger partial charge on any atom is -0.465 e. The largest absolute Gasteiger partial charge is 0.465 e. The average molecular weight is 316 g/mol. The molecule has 0 spiro atoms. The van der Waals surface area contributed by atoms with Gasteiger partial charge in [0, 0.05) is 17.8 Å². The Morgan fingerprint density at radius 3 is 2.74 bits per heavy atom. The van der Waals surface area contributed by atoms with Crippen molar-refractivity contribution in [3.8, 4) is 0 Å². The van der Waals surface area contributed by atoms with Crippen molar-refractivity contribution < 1.29 is 14.3 Å². The summed E-state index contributed by atoms with van der Waals surface area (Å²) in [6.07, 6.45) is 8.82. The second kappa shape index (κ2) is 4.70. The van der Waals surface area contributed by atoms with Crippen LogP contribution in [0.15, 0.2) is 12.7 Å². The lowest BCUT2D eigenvalue weighted by Crippen LogP contribution is -2.66. The van der Waals surface area contributed by atoms with Gasteiger partial charge in [0.15, 0.2) is 0 Å². The fourth-order valence-corrected chi connectivity index (χ4v) is 6.51. The highest BCUT2D eigenvalue weighted by Crippen LogP contribution is 2.69. The predicted octanol–water partition coefficient (Wildman–Crippen LogP) is 3.92. The lowest BCUT2D eigenvalue weighted by molar-refractivity contribution is -0.225. The van der Waals surface area contributed by atoms with Gasteiger partial charge in [-0.15, -0.1) is 6.58 Å². The van der Waals surface area contributed by atoms with E-state index in [0.29, 0.717) is 18.8 Å². The fraction of sp³-hybridized carbons (Fsp3) is 0.800. The minimum absolute atomic E-state index is 0.0190. The lowest BCUT2D eigenvalue weighted by atomic mass is 9.38. The number of hydrogen-bond acceptors (Lipinski definition) is 3. The van der Waals surface area contributed by atoms with E-state index >= 15 is 0 Å². The van der Waals surface area contributed by atoms with E-state index in [-0.39, 0.29) is 40.0 Å². The zero-order valence-electron chi connectivity index (χ0n) is 14.4. The summed E-state index contributed by atoms with van der Waals surface area (Å²) in [5, 5.41) is 0. The van der Waals surface area contributed by atoms with Crippen LogP contribution in [0.5, 0.6) is 0 Å². The molecular formula is C20H28O3. The monoisotopic (exact) mass is 316 g/mol. The Morgan fingerprint density at radius 1 is 1.22 bits per heavy atom. The summed E-state index contributed by atoms with van der Waals surface area (Å²) in [5.74, 6) is 0.631. The van der Waals surface area contributed by atoms with E-state index in [4.69, 9.17) is 4.74 Å². The third kappa shape index (κ3) is 1.82. The van der Waals surface area contributed by atoms with Crippen LogP contribution in [0.2, 0.25) is 0 Å². The Hall–Kier alpha value is -1.12. The Balaban J connectivity index is 1.78. The van der Waals surface area contributed by atoms with E-state index in [2.05, 4.69) is 20.4 Å². The first-order chi connectivity index (χ1) is 10.9. The van der Waals surface area contributed by atoms with E-state index in [1.807, 2.05) is 6.08 Å². The molecule has 4 fully saturated rings. The van der Waals surface area contributed by atoms with Crippen LogP contribution in [0.1, 0.15) is 58.8 Å². The molecule has 0 N–H and O–H groups in total. The molecular weight excluding hydrogens is 288 g/mol. The van der Waals surface area contributed by atoms with Crippen LogP contribution in [0, 0.1) is 34.0 Å². The molecule has 2 bridgehead atoms. The molecule has 3 heteroatoms. The average Bonchev–Trinajstić information content (AvgIpc) is 2.53. The normalized spacial score (nSPS) is 52.2. The van der Waals surface area contributed by atoms with Gasteiger partial charge in [0.1, 0.15) is 5.78 Å². The fourth-order valence-electron chi connectivity index (χ4n) is 6.51. The molecule has 126 valence electrons.